The van der Waals surface area contributed by atoms with Gasteiger partial charge >= 0.3 is 5.97 Å². The maximum absolute atomic E-state index is 13.5. The van der Waals surface area contributed by atoms with Gasteiger partial charge in [-0.25, -0.2) is 4.98 Å². The maximum Gasteiger partial charge on any atom is 0.305 e. The van der Waals surface area contributed by atoms with Crippen LogP contribution in [0.4, 0.5) is 0 Å². The SMILES string of the molecule is CCOC(=O)CCCc1nc2ccccc2n(C2CCN(C3CCCCCCC3)CC2)c1=O. The average molecular weight is 454 g/mol. The first-order valence-electron chi connectivity index (χ1n) is 13.1. The minimum Gasteiger partial charge on any atom is -0.466 e. The van der Waals surface area contributed by atoms with Crippen molar-refractivity contribution in [2.75, 3.05) is 19.7 Å². The first kappa shape index (κ1) is 23.9. The largest absolute Gasteiger partial charge is 0.466 e. The fourth-order valence-electron chi connectivity index (χ4n) is 5.67. The van der Waals surface area contributed by atoms with E-state index in [9.17, 15) is 9.59 Å². The molecule has 2 fully saturated rings. The Morgan fingerprint density at radius 3 is 2.42 bits per heavy atom. The fourth-order valence-corrected chi connectivity index (χ4v) is 5.67. The number of carbonyl (C=O) groups excluding carboxylic acids is 1. The summed E-state index contributed by atoms with van der Waals surface area (Å²) in [4.78, 5) is 32.6. The van der Waals surface area contributed by atoms with E-state index >= 15 is 0 Å². The van der Waals surface area contributed by atoms with Crippen molar-refractivity contribution < 1.29 is 9.53 Å². The van der Waals surface area contributed by atoms with E-state index in [0.29, 0.717) is 31.6 Å². The molecule has 6 nitrogen and oxygen atoms in total. The third kappa shape index (κ3) is 6.03. The molecule has 33 heavy (non-hydrogen) atoms. The van der Waals surface area contributed by atoms with Gasteiger partial charge in [-0.2, -0.15) is 0 Å². The lowest BCUT2D eigenvalue weighted by atomic mass is 9.93. The summed E-state index contributed by atoms with van der Waals surface area (Å²) in [6.45, 7) is 4.33. The normalized spacial score (nSPS) is 19.3. The predicted molar refractivity (Wildman–Crippen MR) is 132 cm³/mol. The number of hydrogen-bond acceptors (Lipinski definition) is 5. The van der Waals surface area contributed by atoms with Crippen LogP contribution in [0.25, 0.3) is 11.0 Å². The highest BCUT2D eigenvalue weighted by Crippen LogP contribution is 2.29. The molecule has 0 N–H and O–H groups in total. The van der Waals surface area contributed by atoms with Crippen LogP contribution in [0.5, 0.6) is 0 Å². The Balaban J connectivity index is 1.49. The lowest BCUT2D eigenvalue weighted by molar-refractivity contribution is -0.143. The van der Waals surface area contributed by atoms with Gasteiger partial charge < -0.3 is 14.2 Å². The molecular formula is C27H39N3O3. The van der Waals surface area contributed by atoms with Crippen molar-refractivity contribution in [2.45, 2.75) is 96.1 Å². The summed E-state index contributed by atoms with van der Waals surface area (Å²) in [5.41, 5.74) is 2.38. The Bertz CT molecular complexity index is 970. The molecule has 4 rings (SSSR count). The molecule has 0 amide bonds. The summed E-state index contributed by atoms with van der Waals surface area (Å²) in [6.07, 6.45) is 12.9. The van der Waals surface area contributed by atoms with Gasteiger partial charge in [0.1, 0.15) is 5.69 Å². The van der Waals surface area contributed by atoms with Gasteiger partial charge in [0.25, 0.3) is 5.56 Å². The Labute approximate surface area is 197 Å². The molecule has 6 heteroatoms. The first-order valence-corrected chi connectivity index (χ1v) is 13.1. The van der Waals surface area contributed by atoms with Gasteiger partial charge in [-0.05, 0) is 57.6 Å². The van der Waals surface area contributed by atoms with Crippen LogP contribution in [0.15, 0.2) is 29.1 Å². The Kier molecular flexibility index (Phi) is 8.54. The molecule has 0 unspecified atom stereocenters. The number of aryl methyl sites for hydroxylation is 1. The number of fused-ring (bicyclic) bond motifs is 1. The van der Waals surface area contributed by atoms with Crippen molar-refractivity contribution in [1.29, 1.82) is 0 Å². The number of nitrogens with zero attached hydrogens (tertiary/aromatic N) is 3. The number of likely N-dealkylation sites (tertiary alicyclic amines) is 1. The molecule has 2 heterocycles. The number of aromatic nitrogens is 2. The molecule has 0 radical (unpaired) electrons. The van der Waals surface area contributed by atoms with Crippen LogP contribution in [-0.4, -0.2) is 46.2 Å². The molecule has 1 saturated heterocycles. The summed E-state index contributed by atoms with van der Waals surface area (Å²) in [5.74, 6) is -0.208. The van der Waals surface area contributed by atoms with E-state index in [2.05, 4.69) is 9.88 Å². The van der Waals surface area contributed by atoms with Crippen LogP contribution in [0, 0.1) is 0 Å². The van der Waals surface area contributed by atoms with Crippen molar-refractivity contribution >= 4 is 17.0 Å². The summed E-state index contributed by atoms with van der Waals surface area (Å²) in [6, 6.07) is 8.90. The van der Waals surface area contributed by atoms with Crippen LogP contribution in [0.1, 0.15) is 89.3 Å². The number of benzene rings is 1. The molecule has 1 aromatic heterocycles. The Morgan fingerprint density at radius 2 is 1.70 bits per heavy atom. The van der Waals surface area contributed by atoms with E-state index in [-0.39, 0.29) is 17.6 Å². The predicted octanol–water partition coefficient (Wildman–Crippen LogP) is 5.03. The number of carbonyl (C=O) groups is 1. The minimum atomic E-state index is -0.208. The Hall–Kier alpha value is -2.21. The van der Waals surface area contributed by atoms with Crippen LogP contribution in [-0.2, 0) is 16.0 Å². The molecule has 2 aromatic rings. The molecule has 0 spiro atoms. The molecule has 1 aliphatic heterocycles. The van der Waals surface area contributed by atoms with E-state index in [1.165, 1.54) is 44.9 Å². The monoisotopic (exact) mass is 453 g/mol. The summed E-state index contributed by atoms with van der Waals surface area (Å²) >= 11 is 0. The second-order valence-electron chi connectivity index (χ2n) is 9.65. The van der Waals surface area contributed by atoms with Gasteiger partial charge in [-0.15, -0.1) is 0 Å². The topological polar surface area (TPSA) is 64.4 Å². The van der Waals surface area contributed by atoms with E-state index in [0.717, 1.165) is 43.0 Å². The van der Waals surface area contributed by atoms with Gasteiger partial charge in [0.15, 0.2) is 0 Å². The number of hydrogen-bond donors (Lipinski definition) is 0. The van der Waals surface area contributed by atoms with Crippen molar-refractivity contribution in [3.63, 3.8) is 0 Å². The third-order valence-electron chi connectivity index (χ3n) is 7.42. The zero-order valence-electron chi connectivity index (χ0n) is 20.1. The molecule has 1 aromatic carbocycles. The fraction of sp³-hybridized carbons (Fsp3) is 0.667. The molecule has 1 saturated carbocycles. The lowest BCUT2D eigenvalue weighted by Crippen LogP contribution is -2.43. The van der Waals surface area contributed by atoms with Gasteiger partial charge in [-0.3, -0.25) is 9.59 Å². The van der Waals surface area contributed by atoms with Gasteiger partial charge in [0.05, 0.1) is 17.6 Å². The van der Waals surface area contributed by atoms with Crippen molar-refractivity contribution in [3.8, 4) is 0 Å². The molecule has 0 bridgehead atoms. The minimum absolute atomic E-state index is 0.0157. The van der Waals surface area contributed by atoms with Gasteiger partial charge in [-0.1, -0.05) is 44.2 Å². The van der Waals surface area contributed by atoms with E-state index in [1.54, 1.807) is 0 Å². The van der Waals surface area contributed by atoms with Crippen LogP contribution in [0.3, 0.4) is 0 Å². The number of ether oxygens (including phenoxy) is 1. The van der Waals surface area contributed by atoms with E-state index in [1.807, 2.05) is 35.8 Å². The second kappa shape index (κ2) is 11.8. The lowest BCUT2D eigenvalue weighted by Gasteiger charge is -2.39. The van der Waals surface area contributed by atoms with Crippen LogP contribution in [0.2, 0.25) is 0 Å². The average Bonchev–Trinajstić information content (AvgIpc) is 2.80. The highest BCUT2D eigenvalue weighted by molar-refractivity contribution is 5.75. The molecule has 2 aliphatic rings. The standard InChI is InChI=1S/C27H39N3O3/c1-2-33-26(31)16-10-14-24-27(32)30(25-15-9-8-13-23(25)28-24)22-17-19-29(20-18-22)21-11-6-4-3-5-7-12-21/h8-9,13,15,21-22H,2-7,10-12,14,16-20H2,1H3. The Morgan fingerprint density at radius 1 is 1.00 bits per heavy atom. The zero-order valence-corrected chi connectivity index (χ0v) is 20.1. The number of piperidine rings is 1. The number of para-hydroxylation sites is 2. The number of rotatable bonds is 7. The maximum atomic E-state index is 13.5. The van der Waals surface area contributed by atoms with Crippen molar-refractivity contribution in [3.05, 3.63) is 40.3 Å². The zero-order chi connectivity index (χ0) is 23.0. The van der Waals surface area contributed by atoms with E-state index in [4.69, 9.17) is 4.74 Å². The van der Waals surface area contributed by atoms with Crippen molar-refractivity contribution in [1.82, 2.24) is 14.5 Å². The van der Waals surface area contributed by atoms with Gasteiger partial charge in [0, 0.05) is 31.6 Å². The quantitative estimate of drug-likeness (QED) is 0.550. The smallest absolute Gasteiger partial charge is 0.305 e. The van der Waals surface area contributed by atoms with Crippen molar-refractivity contribution in [2.24, 2.45) is 0 Å². The third-order valence-corrected chi connectivity index (χ3v) is 7.42. The molecular weight excluding hydrogens is 414 g/mol. The summed E-state index contributed by atoms with van der Waals surface area (Å²) in [5, 5.41) is 0. The molecule has 0 atom stereocenters. The van der Waals surface area contributed by atoms with Gasteiger partial charge in [0.2, 0.25) is 0 Å². The van der Waals surface area contributed by atoms with Crippen LogP contribution >= 0.6 is 0 Å². The summed E-state index contributed by atoms with van der Waals surface area (Å²) < 4.78 is 7.04. The van der Waals surface area contributed by atoms with E-state index < -0.39 is 0 Å². The second-order valence-corrected chi connectivity index (χ2v) is 9.65. The highest BCUT2D eigenvalue weighted by Gasteiger charge is 2.28. The molecule has 1 aliphatic carbocycles. The molecule has 180 valence electrons. The number of esters is 1. The first-order chi connectivity index (χ1) is 16.2. The van der Waals surface area contributed by atoms with Crippen LogP contribution < -0.4 is 5.56 Å². The highest BCUT2D eigenvalue weighted by atomic mass is 16.5. The summed E-state index contributed by atoms with van der Waals surface area (Å²) in [7, 11) is 0.